The molecule has 1 amide bonds. The van der Waals surface area contributed by atoms with Crippen molar-refractivity contribution in [3.8, 4) is 0 Å². The second-order valence-electron chi connectivity index (χ2n) is 7.16. The van der Waals surface area contributed by atoms with Gasteiger partial charge in [-0.15, -0.1) is 0 Å². The maximum atomic E-state index is 12.7. The number of amides is 1. The molecule has 0 bridgehead atoms. The highest BCUT2D eigenvalue weighted by atomic mass is 19.4. The molecular formula is C22H23F3N2O2. The number of hydrogen-bond donors (Lipinski definition) is 0. The number of oxime groups is 1. The standard InChI is InChI=1S/C22H23F3N2O2/c1-3-21(28)27(13-16-6-10-18(11-7-16)22(23,24)25)14-19-12-20(26-29-19)17-8-4-15(2)5-9-17/h4-11,19H,3,12-14H2,1-2H3/t19-/m1/s1. The summed E-state index contributed by atoms with van der Waals surface area (Å²) >= 11 is 0. The minimum atomic E-state index is -4.38. The lowest BCUT2D eigenvalue weighted by Crippen LogP contribution is -2.36. The molecule has 0 spiro atoms. The van der Waals surface area contributed by atoms with E-state index in [4.69, 9.17) is 4.84 Å². The predicted octanol–water partition coefficient (Wildman–Crippen LogP) is 4.95. The van der Waals surface area contributed by atoms with Crippen LogP contribution in [0.15, 0.2) is 53.7 Å². The van der Waals surface area contributed by atoms with Crippen molar-refractivity contribution in [3.05, 3.63) is 70.8 Å². The van der Waals surface area contributed by atoms with Crippen LogP contribution in [0.1, 0.15) is 42.0 Å². The molecule has 0 saturated heterocycles. The topological polar surface area (TPSA) is 41.9 Å². The normalized spacial score (nSPS) is 16.3. The van der Waals surface area contributed by atoms with Crippen molar-refractivity contribution in [2.24, 2.45) is 5.16 Å². The summed E-state index contributed by atoms with van der Waals surface area (Å²) in [4.78, 5) is 19.5. The number of nitrogens with zero attached hydrogens (tertiary/aromatic N) is 2. The van der Waals surface area contributed by atoms with Crippen LogP contribution in [0.25, 0.3) is 0 Å². The van der Waals surface area contributed by atoms with Gasteiger partial charge in [-0.2, -0.15) is 13.2 Å². The zero-order chi connectivity index (χ0) is 21.0. The van der Waals surface area contributed by atoms with Crippen LogP contribution < -0.4 is 0 Å². The van der Waals surface area contributed by atoms with Gasteiger partial charge in [-0.3, -0.25) is 4.79 Å². The van der Waals surface area contributed by atoms with Crippen molar-refractivity contribution >= 4 is 11.6 Å². The zero-order valence-corrected chi connectivity index (χ0v) is 16.4. The minimum absolute atomic E-state index is 0.0858. The lowest BCUT2D eigenvalue weighted by molar-refractivity contribution is -0.137. The number of aryl methyl sites for hydroxylation is 1. The fourth-order valence-electron chi connectivity index (χ4n) is 3.19. The van der Waals surface area contributed by atoms with Gasteiger partial charge in [0.05, 0.1) is 17.8 Å². The summed E-state index contributed by atoms with van der Waals surface area (Å²) < 4.78 is 38.2. The Morgan fingerprint density at radius 3 is 2.38 bits per heavy atom. The van der Waals surface area contributed by atoms with Gasteiger partial charge in [-0.1, -0.05) is 54.0 Å². The van der Waals surface area contributed by atoms with Crippen LogP contribution in [0.5, 0.6) is 0 Å². The minimum Gasteiger partial charge on any atom is -0.390 e. The van der Waals surface area contributed by atoms with Crippen LogP contribution in [0, 0.1) is 6.92 Å². The predicted molar refractivity (Wildman–Crippen MR) is 104 cm³/mol. The van der Waals surface area contributed by atoms with E-state index in [1.165, 1.54) is 12.1 Å². The van der Waals surface area contributed by atoms with Gasteiger partial charge in [-0.25, -0.2) is 0 Å². The summed E-state index contributed by atoms with van der Waals surface area (Å²) in [5.41, 5.74) is 2.89. The highest BCUT2D eigenvalue weighted by Crippen LogP contribution is 2.29. The molecule has 0 N–H and O–H groups in total. The number of alkyl halides is 3. The molecule has 0 aliphatic carbocycles. The average Bonchev–Trinajstić information content (AvgIpc) is 3.15. The van der Waals surface area contributed by atoms with Gasteiger partial charge in [0.1, 0.15) is 0 Å². The molecule has 4 nitrogen and oxygen atoms in total. The molecule has 1 heterocycles. The van der Waals surface area contributed by atoms with E-state index in [0.29, 0.717) is 24.9 Å². The molecule has 0 unspecified atom stereocenters. The summed E-state index contributed by atoms with van der Waals surface area (Å²) in [7, 11) is 0. The van der Waals surface area contributed by atoms with E-state index < -0.39 is 11.7 Å². The van der Waals surface area contributed by atoms with Gasteiger partial charge in [0.25, 0.3) is 0 Å². The summed E-state index contributed by atoms with van der Waals surface area (Å²) in [6.07, 6.45) is -3.78. The SMILES string of the molecule is CCC(=O)N(Cc1ccc(C(F)(F)F)cc1)C[C@H]1CC(c2ccc(C)cc2)=NO1. The molecule has 2 aromatic carbocycles. The van der Waals surface area contributed by atoms with Crippen LogP contribution in [-0.4, -0.2) is 29.2 Å². The van der Waals surface area contributed by atoms with Crippen LogP contribution in [-0.2, 0) is 22.4 Å². The van der Waals surface area contributed by atoms with Crippen molar-refractivity contribution < 1.29 is 22.8 Å². The first-order valence-corrected chi connectivity index (χ1v) is 9.50. The average molecular weight is 404 g/mol. The smallest absolute Gasteiger partial charge is 0.390 e. The van der Waals surface area contributed by atoms with Crippen LogP contribution >= 0.6 is 0 Å². The number of halogens is 3. The van der Waals surface area contributed by atoms with Gasteiger partial charge in [0.2, 0.25) is 5.91 Å². The van der Waals surface area contributed by atoms with Crippen molar-refractivity contribution in [2.75, 3.05) is 6.54 Å². The molecule has 154 valence electrons. The van der Waals surface area contributed by atoms with Crippen molar-refractivity contribution in [1.82, 2.24) is 4.90 Å². The maximum Gasteiger partial charge on any atom is 0.416 e. The maximum absolute atomic E-state index is 12.7. The lowest BCUT2D eigenvalue weighted by Gasteiger charge is -2.24. The number of carbonyl (C=O) groups is 1. The number of benzene rings is 2. The first-order chi connectivity index (χ1) is 13.8. The Morgan fingerprint density at radius 1 is 1.14 bits per heavy atom. The summed E-state index contributed by atoms with van der Waals surface area (Å²) in [5.74, 6) is -0.0858. The third-order valence-electron chi connectivity index (χ3n) is 4.85. The van der Waals surface area contributed by atoms with E-state index in [1.54, 1.807) is 11.8 Å². The third-order valence-corrected chi connectivity index (χ3v) is 4.85. The van der Waals surface area contributed by atoms with Crippen molar-refractivity contribution in [2.45, 2.75) is 45.5 Å². The molecule has 3 rings (SSSR count). The Hall–Kier alpha value is -2.83. The Morgan fingerprint density at radius 2 is 1.79 bits per heavy atom. The largest absolute Gasteiger partial charge is 0.416 e. The molecular weight excluding hydrogens is 381 g/mol. The molecule has 7 heteroatoms. The molecule has 1 atom stereocenters. The Balaban J connectivity index is 1.64. The van der Waals surface area contributed by atoms with Gasteiger partial charge in [0.15, 0.2) is 6.10 Å². The first-order valence-electron chi connectivity index (χ1n) is 9.50. The summed E-state index contributed by atoms with van der Waals surface area (Å²) in [6.45, 7) is 4.32. The molecule has 0 aromatic heterocycles. The second-order valence-corrected chi connectivity index (χ2v) is 7.16. The Bertz CT molecular complexity index is 874. The van der Waals surface area contributed by atoms with Crippen LogP contribution in [0.4, 0.5) is 13.2 Å². The molecule has 29 heavy (non-hydrogen) atoms. The summed E-state index contributed by atoms with van der Waals surface area (Å²) in [6, 6.07) is 12.9. The first kappa shape index (κ1) is 20.9. The zero-order valence-electron chi connectivity index (χ0n) is 16.4. The van der Waals surface area contributed by atoms with E-state index in [0.717, 1.165) is 29.0 Å². The number of hydrogen-bond acceptors (Lipinski definition) is 3. The fraction of sp³-hybridized carbons (Fsp3) is 0.364. The molecule has 0 radical (unpaired) electrons. The van der Waals surface area contributed by atoms with E-state index in [9.17, 15) is 18.0 Å². The van der Waals surface area contributed by atoms with Gasteiger partial charge < -0.3 is 9.74 Å². The van der Waals surface area contributed by atoms with Crippen molar-refractivity contribution in [3.63, 3.8) is 0 Å². The number of carbonyl (C=O) groups excluding carboxylic acids is 1. The van der Waals surface area contributed by atoms with Gasteiger partial charge in [0, 0.05) is 19.4 Å². The second kappa shape index (κ2) is 8.68. The van der Waals surface area contributed by atoms with Gasteiger partial charge in [-0.05, 0) is 30.2 Å². The molecule has 0 saturated carbocycles. The summed E-state index contributed by atoms with van der Waals surface area (Å²) in [5, 5.41) is 4.15. The highest BCUT2D eigenvalue weighted by Gasteiger charge is 2.30. The Kier molecular flexibility index (Phi) is 6.25. The van der Waals surface area contributed by atoms with E-state index >= 15 is 0 Å². The van der Waals surface area contributed by atoms with Gasteiger partial charge >= 0.3 is 6.18 Å². The highest BCUT2D eigenvalue weighted by molar-refractivity contribution is 6.01. The fourth-order valence-corrected chi connectivity index (χ4v) is 3.19. The quantitative estimate of drug-likeness (QED) is 0.684. The monoisotopic (exact) mass is 404 g/mol. The molecule has 0 fully saturated rings. The van der Waals surface area contributed by atoms with Crippen molar-refractivity contribution in [1.29, 1.82) is 0 Å². The van der Waals surface area contributed by atoms with E-state index in [-0.39, 0.29) is 18.6 Å². The van der Waals surface area contributed by atoms with Crippen LogP contribution in [0.2, 0.25) is 0 Å². The molecule has 1 aliphatic heterocycles. The van der Waals surface area contributed by atoms with E-state index in [1.807, 2.05) is 31.2 Å². The third kappa shape index (κ3) is 5.37. The number of rotatable bonds is 6. The molecule has 2 aromatic rings. The lowest BCUT2D eigenvalue weighted by atomic mass is 10.0. The Labute approximate surface area is 168 Å². The van der Waals surface area contributed by atoms with Crippen LogP contribution in [0.3, 0.4) is 0 Å². The van der Waals surface area contributed by atoms with E-state index in [2.05, 4.69) is 5.16 Å². The molecule has 1 aliphatic rings.